The normalized spacial score (nSPS) is 16.4. The van der Waals surface area contributed by atoms with E-state index >= 15 is 0 Å². The maximum atomic E-state index is 10.9. The summed E-state index contributed by atoms with van der Waals surface area (Å²) in [5.74, 6) is -1.50. The average molecular weight is 202 g/mol. The van der Waals surface area contributed by atoms with Gasteiger partial charge in [-0.25, -0.2) is 0 Å². The second-order valence-electron chi connectivity index (χ2n) is 5.07. The van der Waals surface area contributed by atoms with Gasteiger partial charge in [-0.3, -0.25) is 4.79 Å². The molecule has 0 bridgehead atoms. The number of rotatable bonds is 5. The predicted molar refractivity (Wildman–Crippen MR) is 56.1 cm³/mol. The first-order valence-corrected chi connectivity index (χ1v) is 5.19. The Hall–Kier alpha value is -0.570. The second kappa shape index (κ2) is 5.35. The molecule has 0 aliphatic carbocycles. The summed E-state index contributed by atoms with van der Waals surface area (Å²) in [6.45, 7) is 7.93. The molecule has 0 aromatic heterocycles. The van der Waals surface area contributed by atoms with Crippen molar-refractivity contribution in [2.75, 3.05) is 0 Å². The van der Waals surface area contributed by atoms with Crippen molar-refractivity contribution < 1.29 is 15.0 Å². The molecule has 0 aliphatic heterocycles. The van der Waals surface area contributed by atoms with Crippen molar-refractivity contribution in [1.29, 1.82) is 0 Å². The minimum atomic E-state index is -0.886. The van der Waals surface area contributed by atoms with Gasteiger partial charge in [0.05, 0.1) is 12.0 Å². The fourth-order valence-corrected chi connectivity index (χ4v) is 1.56. The van der Waals surface area contributed by atoms with E-state index in [4.69, 9.17) is 5.11 Å². The lowest BCUT2D eigenvalue weighted by molar-refractivity contribution is -0.146. The zero-order valence-electron chi connectivity index (χ0n) is 9.58. The maximum absolute atomic E-state index is 10.9. The van der Waals surface area contributed by atoms with Gasteiger partial charge in [0, 0.05) is 0 Å². The highest BCUT2D eigenvalue weighted by Gasteiger charge is 2.28. The van der Waals surface area contributed by atoms with E-state index in [9.17, 15) is 9.90 Å². The first-order valence-electron chi connectivity index (χ1n) is 5.19. The highest BCUT2D eigenvalue weighted by atomic mass is 16.4. The molecule has 0 rings (SSSR count). The van der Waals surface area contributed by atoms with Crippen LogP contribution < -0.4 is 0 Å². The Morgan fingerprint density at radius 3 is 2.14 bits per heavy atom. The maximum Gasteiger partial charge on any atom is 0.309 e. The minimum absolute atomic E-state index is 0.0269. The van der Waals surface area contributed by atoms with Crippen LogP contribution in [-0.2, 0) is 4.79 Å². The van der Waals surface area contributed by atoms with Gasteiger partial charge in [-0.15, -0.1) is 0 Å². The Labute approximate surface area is 86.1 Å². The van der Waals surface area contributed by atoms with Crippen molar-refractivity contribution in [3.8, 4) is 0 Å². The molecule has 0 fully saturated rings. The van der Waals surface area contributed by atoms with Crippen molar-refractivity contribution in [2.45, 2.75) is 53.1 Å². The third kappa shape index (κ3) is 5.22. The van der Waals surface area contributed by atoms with Crippen molar-refractivity contribution in [2.24, 2.45) is 11.3 Å². The summed E-state index contributed by atoms with van der Waals surface area (Å²) >= 11 is 0. The van der Waals surface area contributed by atoms with Crippen LogP contribution in [0.3, 0.4) is 0 Å². The van der Waals surface area contributed by atoms with E-state index in [1.54, 1.807) is 0 Å². The summed E-state index contributed by atoms with van der Waals surface area (Å²) in [4.78, 5) is 10.9. The molecule has 0 saturated heterocycles. The largest absolute Gasteiger partial charge is 0.481 e. The highest BCUT2D eigenvalue weighted by molar-refractivity contribution is 5.70. The SMILES string of the molecule is CCCC(C(=O)O)C(O)CC(C)(C)C. The molecule has 0 heterocycles. The summed E-state index contributed by atoms with van der Waals surface area (Å²) in [5.41, 5.74) is -0.0269. The van der Waals surface area contributed by atoms with E-state index in [-0.39, 0.29) is 5.41 Å². The van der Waals surface area contributed by atoms with Gasteiger partial charge in [-0.2, -0.15) is 0 Å². The van der Waals surface area contributed by atoms with Gasteiger partial charge >= 0.3 is 5.97 Å². The van der Waals surface area contributed by atoms with Crippen molar-refractivity contribution in [3.63, 3.8) is 0 Å². The molecule has 0 spiro atoms. The Bertz CT molecular complexity index is 181. The molecule has 84 valence electrons. The van der Waals surface area contributed by atoms with Crippen LogP contribution in [0.15, 0.2) is 0 Å². The molecule has 0 saturated carbocycles. The average Bonchev–Trinajstić information content (AvgIpc) is 1.95. The number of hydrogen-bond acceptors (Lipinski definition) is 2. The summed E-state index contributed by atoms with van der Waals surface area (Å²) in [6.07, 6.45) is 1.14. The van der Waals surface area contributed by atoms with E-state index in [0.717, 1.165) is 6.42 Å². The highest BCUT2D eigenvalue weighted by Crippen LogP contribution is 2.26. The lowest BCUT2D eigenvalue weighted by Gasteiger charge is -2.26. The van der Waals surface area contributed by atoms with Gasteiger partial charge in [0.15, 0.2) is 0 Å². The molecule has 2 atom stereocenters. The number of carboxylic acids is 1. The van der Waals surface area contributed by atoms with E-state index in [0.29, 0.717) is 12.8 Å². The van der Waals surface area contributed by atoms with Crippen LogP contribution in [0.4, 0.5) is 0 Å². The Morgan fingerprint density at radius 1 is 1.36 bits per heavy atom. The lowest BCUT2D eigenvalue weighted by atomic mass is 9.83. The number of aliphatic hydroxyl groups is 1. The molecule has 0 aromatic carbocycles. The van der Waals surface area contributed by atoms with E-state index in [1.165, 1.54) is 0 Å². The van der Waals surface area contributed by atoms with E-state index in [1.807, 2.05) is 27.7 Å². The van der Waals surface area contributed by atoms with Gasteiger partial charge in [0.25, 0.3) is 0 Å². The zero-order chi connectivity index (χ0) is 11.4. The van der Waals surface area contributed by atoms with Crippen molar-refractivity contribution in [3.05, 3.63) is 0 Å². The van der Waals surface area contributed by atoms with Crippen LogP contribution in [-0.4, -0.2) is 22.3 Å². The van der Waals surface area contributed by atoms with E-state index in [2.05, 4.69) is 0 Å². The number of carbonyl (C=O) groups is 1. The standard InChI is InChI=1S/C11H22O3/c1-5-6-8(10(13)14)9(12)7-11(2,3)4/h8-9,12H,5-7H2,1-4H3,(H,13,14). The Balaban J connectivity index is 4.29. The quantitative estimate of drug-likeness (QED) is 0.719. The first kappa shape index (κ1) is 13.4. The summed E-state index contributed by atoms with van der Waals surface area (Å²) in [7, 11) is 0. The second-order valence-corrected chi connectivity index (χ2v) is 5.07. The van der Waals surface area contributed by atoms with Gasteiger partial charge < -0.3 is 10.2 Å². The topological polar surface area (TPSA) is 57.5 Å². The van der Waals surface area contributed by atoms with Crippen LogP contribution in [0.5, 0.6) is 0 Å². The fourth-order valence-electron chi connectivity index (χ4n) is 1.56. The first-order chi connectivity index (χ1) is 6.28. The molecule has 14 heavy (non-hydrogen) atoms. The molecule has 3 heteroatoms. The van der Waals surface area contributed by atoms with E-state index < -0.39 is 18.0 Å². The van der Waals surface area contributed by atoms with Crippen LogP contribution in [0.2, 0.25) is 0 Å². The number of carboxylic acid groups (broad SMARTS) is 1. The summed E-state index contributed by atoms with van der Waals surface area (Å²) < 4.78 is 0. The van der Waals surface area contributed by atoms with Crippen LogP contribution in [0.1, 0.15) is 47.0 Å². The molecule has 2 unspecified atom stereocenters. The van der Waals surface area contributed by atoms with Crippen molar-refractivity contribution >= 4 is 5.97 Å². The van der Waals surface area contributed by atoms with Crippen LogP contribution >= 0.6 is 0 Å². The number of hydrogen-bond donors (Lipinski definition) is 2. The predicted octanol–water partition coefficient (Wildman–Crippen LogP) is 2.28. The smallest absolute Gasteiger partial charge is 0.309 e. The molecule has 0 amide bonds. The molecular weight excluding hydrogens is 180 g/mol. The number of aliphatic hydroxyl groups excluding tert-OH is 1. The monoisotopic (exact) mass is 202 g/mol. The summed E-state index contributed by atoms with van der Waals surface area (Å²) in [6, 6.07) is 0. The minimum Gasteiger partial charge on any atom is -0.481 e. The van der Waals surface area contributed by atoms with Crippen LogP contribution in [0.25, 0.3) is 0 Å². The third-order valence-corrected chi connectivity index (χ3v) is 2.20. The fraction of sp³-hybridized carbons (Fsp3) is 0.909. The Kier molecular flexibility index (Phi) is 5.13. The molecule has 2 N–H and O–H groups in total. The Morgan fingerprint density at radius 2 is 1.86 bits per heavy atom. The van der Waals surface area contributed by atoms with Crippen LogP contribution in [0, 0.1) is 11.3 Å². The molecule has 0 aliphatic rings. The molecule has 0 aromatic rings. The molecular formula is C11H22O3. The van der Waals surface area contributed by atoms with Gasteiger partial charge in [-0.1, -0.05) is 34.1 Å². The third-order valence-electron chi connectivity index (χ3n) is 2.20. The van der Waals surface area contributed by atoms with Gasteiger partial charge in [0.2, 0.25) is 0 Å². The molecule has 3 nitrogen and oxygen atoms in total. The van der Waals surface area contributed by atoms with Crippen molar-refractivity contribution in [1.82, 2.24) is 0 Å². The van der Waals surface area contributed by atoms with Gasteiger partial charge in [-0.05, 0) is 18.3 Å². The summed E-state index contributed by atoms with van der Waals surface area (Å²) in [5, 5.41) is 18.7. The number of aliphatic carboxylic acids is 1. The lowest BCUT2D eigenvalue weighted by Crippen LogP contribution is -2.31. The molecule has 0 radical (unpaired) electrons. The zero-order valence-corrected chi connectivity index (χ0v) is 9.58. The van der Waals surface area contributed by atoms with Gasteiger partial charge in [0.1, 0.15) is 0 Å².